The van der Waals surface area contributed by atoms with E-state index in [0.29, 0.717) is 3.57 Å². The molecule has 0 nitrogen and oxygen atoms in total. The Bertz CT molecular complexity index is 165. The summed E-state index contributed by atoms with van der Waals surface area (Å²) in [5.41, 5.74) is 0. The monoisotopic (exact) mass is 221 g/mol. The van der Waals surface area contributed by atoms with E-state index in [-0.39, 0.29) is 5.82 Å². The molecule has 1 aromatic rings. The van der Waals surface area contributed by atoms with Gasteiger partial charge in [-0.25, -0.2) is 4.39 Å². The molecule has 0 heterocycles. The average molecular weight is 221 g/mol. The van der Waals surface area contributed by atoms with E-state index in [1.165, 1.54) is 6.07 Å². The van der Waals surface area contributed by atoms with Crippen molar-refractivity contribution in [1.82, 2.24) is 0 Å². The lowest BCUT2D eigenvalue weighted by Gasteiger charge is -1.86. The van der Waals surface area contributed by atoms with Crippen molar-refractivity contribution in [1.29, 1.82) is 0 Å². The number of benzene rings is 1. The molecule has 1 aromatic carbocycles. The van der Waals surface area contributed by atoms with Crippen LogP contribution < -0.4 is 0 Å². The van der Waals surface area contributed by atoms with Crippen molar-refractivity contribution < 1.29 is 4.39 Å². The third-order valence-corrected chi connectivity index (χ3v) is 1.59. The van der Waals surface area contributed by atoms with Crippen LogP contribution >= 0.6 is 22.6 Å². The highest BCUT2D eigenvalue weighted by Gasteiger charge is 1.91. The molecule has 0 saturated heterocycles. The second-order valence-corrected chi connectivity index (χ2v) is 2.41. The van der Waals surface area contributed by atoms with Crippen molar-refractivity contribution >= 4 is 22.6 Å². The van der Waals surface area contributed by atoms with Crippen molar-refractivity contribution in [3.63, 3.8) is 0 Å². The Hall–Kier alpha value is -0.120. The Morgan fingerprint density at radius 3 is 2.75 bits per heavy atom. The van der Waals surface area contributed by atoms with Crippen molar-refractivity contribution in [3.05, 3.63) is 33.7 Å². The van der Waals surface area contributed by atoms with Crippen molar-refractivity contribution in [3.8, 4) is 0 Å². The molecule has 0 N–H and O–H groups in total. The molecule has 41 valence electrons. The molecule has 0 saturated carbocycles. The molecule has 0 aliphatic heterocycles. The van der Waals surface area contributed by atoms with Crippen LogP contribution in [0.1, 0.15) is 0 Å². The molecule has 2 heteroatoms. The predicted octanol–water partition coefficient (Wildman–Crippen LogP) is 2.23. The molecule has 0 amide bonds. The summed E-state index contributed by atoms with van der Waals surface area (Å²) in [6, 6.07) is 7.43. The minimum absolute atomic E-state index is 0.201. The average Bonchev–Trinajstić information content (AvgIpc) is 1.77. The first-order valence-corrected chi connectivity index (χ1v) is 3.20. The van der Waals surface area contributed by atoms with Crippen LogP contribution in [0.3, 0.4) is 0 Å². The van der Waals surface area contributed by atoms with Gasteiger partial charge in [-0.3, -0.25) is 0 Å². The molecule has 8 heavy (non-hydrogen) atoms. The van der Waals surface area contributed by atoms with Gasteiger partial charge < -0.3 is 0 Å². The standard InChI is InChI=1S/C6H3FI/c7-5-3-1-2-4-6(5)8/h1-3H. The van der Waals surface area contributed by atoms with E-state index < -0.39 is 0 Å². The SMILES string of the molecule is Fc1ccc[c]c1I. The quantitative estimate of drug-likeness (QED) is 0.589. The summed E-state index contributed by atoms with van der Waals surface area (Å²) in [5, 5.41) is 0. The number of hydrogen-bond acceptors (Lipinski definition) is 0. The largest absolute Gasteiger partial charge is 0.206 e. The first kappa shape index (κ1) is 6.01. The number of hydrogen-bond donors (Lipinski definition) is 0. The zero-order valence-corrected chi connectivity index (χ0v) is 6.15. The molecular weight excluding hydrogens is 218 g/mol. The topological polar surface area (TPSA) is 0 Å². The molecule has 0 atom stereocenters. The van der Waals surface area contributed by atoms with Gasteiger partial charge in [0.05, 0.1) is 3.57 Å². The Morgan fingerprint density at radius 1 is 1.62 bits per heavy atom. The van der Waals surface area contributed by atoms with Crippen molar-refractivity contribution in [2.45, 2.75) is 0 Å². The minimum atomic E-state index is -0.201. The molecule has 0 fully saturated rings. The van der Waals surface area contributed by atoms with Gasteiger partial charge in [-0.05, 0) is 34.7 Å². The van der Waals surface area contributed by atoms with Crippen molar-refractivity contribution in [2.75, 3.05) is 0 Å². The van der Waals surface area contributed by atoms with Gasteiger partial charge >= 0.3 is 0 Å². The second-order valence-electron chi connectivity index (χ2n) is 1.33. The molecule has 0 aliphatic rings. The van der Waals surface area contributed by atoms with E-state index in [9.17, 15) is 4.39 Å². The van der Waals surface area contributed by atoms with Gasteiger partial charge in [0.15, 0.2) is 0 Å². The van der Waals surface area contributed by atoms with Gasteiger partial charge in [0, 0.05) is 0 Å². The summed E-state index contributed by atoms with van der Waals surface area (Å²) in [6.07, 6.45) is 0. The normalized spacial score (nSPS) is 9.25. The fourth-order valence-electron chi connectivity index (χ4n) is 0.396. The molecule has 1 rings (SSSR count). The Labute approximate surface area is 60.9 Å². The zero-order valence-electron chi connectivity index (χ0n) is 3.99. The summed E-state index contributed by atoms with van der Waals surface area (Å²) in [5.74, 6) is -0.201. The van der Waals surface area contributed by atoms with Crippen LogP contribution in [-0.2, 0) is 0 Å². The molecule has 0 bridgehead atoms. The summed E-state index contributed by atoms with van der Waals surface area (Å²) in [4.78, 5) is 0. The lowest BCUT2D eigenvalue weighted by Crippen LogP contribution is -1.76. The fourth-order valence-corrected chi connectivity index (χ4v) is 0.756. The molecule has 0 aliphatic carbocycles. The molecule has 0 unspecified atom stereocenters. The summed E-state index contributed by atoms with van der Waals surface area (Å²) in [6.45, 7) is 0. The van der Waals surface area contributed by atoms with Gasteiger partial charge in [0.25, 0.3) is 0 Å². The maximum atomic E-state index is 12.3. The van der Waals surface area contributed by atoms with E-state index in [0.717, 1.165) is 0 Å². The fraction of sp³-hybridized carbons (Fsp3) is 0. The van der Waals surface area contributed by atoms with Crippen molar-refractivity contribution in [2.24, 2.45) is 0 Å². The smallest absolute Gasteiger partial charge is 0.137 e. The lowest BCUT2D eigenvalue weighted by molar-refractivity contribution is 0.620. The van der Waals surface area contributed by atoms with Gasteiger partial charge in [-0.1, -0.05) is 12.1 Å². The number of halogens is 2. The second kappa shape index (κ2) is 2.44. The van der Waals surface area contributed by atoms with Crippen LogP contribution in [0.4, 0.5) is 4.39 Å². The highest BCUT2D eigenvalue weighted by atomic mass is 127. The highest BCUT2D eigenvalue weighted by molar-refractivity contribution is 14.1. The van der Waals surface area contributed by atoms with Crippen LogP contribution in [0.15, 0.2) is 18.2 Å². The Balaban J connectivity index is 3.13. The van der Waals surface area contributed by atoms with Gasteiger partial charge in [-0.15, -0.1) is 0 Å². The van der Waals surface area contributed by atoms with E-state index in [1.807, 2.05) is 22.6 Å². The summed E-state index contributed by atoms with van der Waals surface area (Å²) in [7, 11) is 0. The maximum absolute atomic E-state index is 12.3. The van der Waals surface area contributed by atoms with E-state index >= 15 is 0 Å². The van der Waals surface area contributed by atoms with Crippen LogP contribution in [0.2, 0.25) is 0 Å². The van der Waals surface area contributed by atoms with Gasteiger partial charge in [-0.2, -0.15) is 0 Å². The van der Waals surface area contributed by atoms with Crippen LogP contribution in [0.25, 0.3) is 0 Å². The first-order valence-electron chi connectivity index (χ1n) is 2.12. The molecule has 0 spiro atoms. The van der Waals surface area contributed by atoms with Crippen LogP contribution in [0, 0.1) is 15.5 Å². The molecule has 1 radical (unpaired) electrons. The van der Waals surface area contributed by atoms with E-state index in [4.69, 9.17) is 0 Å². The third kappa shape index (κ3) is 1.18. The maximum Gasteiger partial charge on any atom is 0.137 e. The first-order chi connectivity index (χ1) is 3.80. The summed E-state index contributed by atoms with van der Waals surface area (Å²) >= 11 is 1.89. The third-order valence-electron chi connectivity index (χ3n) is 0.759. The van der Waals surface area contributed by atoms with E-state index in [1.54, 1.807) is 12.1 Å². The molecule has 0 aromatic heterocycles. The highest BCUT2D eigenvalue weighted by Crippen LogP contribution is 2.06. The molecular formula is C6H3FI. The zero-order chi connectivity index (χ0) is 5.98. The van der Waals surface area contributed by atoms with Gasteiger partial charge in [0.1, 0.15) is 5.82 Å². The van der Waals surface area contributed by atoms with Crippen LogP contribution in [-0.4, -0.2) is 0 Å². The van der Waals surface area contributed by atoms with Crippen LogP contribution in [0.5, 0.6) is 0 Å². The Kier molecular flexibility index (Phi) is 1.83. The van der Waals surface area contributed by atoms with Gasteiger partial charge in [0.2, 0.25) is 0 Å². The Morgan fingerprint density at radius 2 is 2.38 bits per heavy atom. The predicted molar refractivity (Wildman–Crippen MR) is 38.0 cm³/mol. The van der Waals surface area contributed by atoms with E-state index in [2.05, 4.69) is 6.07 Å². The minimum Gasteiger partial charge on any atom is -0.206 e. The lowest BCUT2D eigenvalue weighted by atomic mass is 10.4. The number of rotatable bonds is 0. The summed E-state index contributed by atoms with van der Waals surface area (Å²) < 4.78 is 12.8.